The highest BCUT2D eigenvalue weighted by molar-refractivity contribution is 5.14. The molecule has 2 atom stereocenters. The molecule has 2 unspecified atom stereocenters. The molecule has 72 valence electrons. The second-order valence-corrected chi connectivity index (χ2v) is 2.88. The first kappa shape index (κ1) is 9.97. The van der Waals surface area contributed by atoms with Crippen molar-refractivity contribution in [1.82, 2.24) is 0 Å². The topological polar surface area (TPSA) is 9.23 Å². The number of hydrogen-bond acceptors (Lipinski definition) is 1. The summed E-state index contributed by atoms with van der Waals surface area (Å²) in [5, 5.41) is 0. The summed E-state index contributed by atoms with van der Waals surface area (Å²) in [5.74, 6) is 2.19. The van der Waals surface area contributed by atoms with Gasteiger partial charge in [0.2, 0.25) is 0 Å². The van der Waals surface area contributed by atoms with Gasteiger partial charge in [-0.3, -0.25) is 0 Å². The number of halogens is 3. The van der Waals surface area contributed by atoms with Gasteiger partial charge in [0, 0.05) is 6.42 Å². The summed E-state index contributed by atoms with van der Waals surface area (Å²) in [7, 11) is 0. The Kier molecular flexibility index (Phi) is 2.55. The molecule has 0 spiro atoms. The number of alkyl halides is 3. The summed E-state index contributed by atoms with van der Waals surface area (Å²) in [6, 6.07) is 0. The third-order valence-electron chi connectivity index (χ3n) is 1.85. The van der Waals surface area contributed by atoms with Crippen molar-refractivity contribution in [3.8, 4) is 12.3 Å². The van der Waals surface area contributed by atoms with Crippen LogP contribution in [0.25, 0.3) is 0 Å². The zero-order valence-electron chi connectivity index (χ0n) is 7.06. The van der Waals surface area contributed by atoms with Crippen LogP contribution >= 0.6 is 0 Å². The minimum atomic E-state index is -4.30. The highest BCUT2D eigenvalue weighted by Gasteiger charge is 2.44. The first-order chi connectivity index (χ1) is 5.95. The summed E-state index contributed by atoms with van der Waals surface area (Å²) < 4.78 is 40.9. The van der Waals surface area contributed by atoms with E-state index < -0.39 is 12.3 Å². The van der Waals surface area contributed by atoms with Crippen LogP contribution in [-0.4, -0.2) is 12.3 Å². The molecular formula is C9H9F3O. The van der Waals surface area contributed by atoms with Crippen molar-refractivity contribution in [2.45, 2.75) is 25.6 Å². The van der Waals surface area contributed by atoms with E-state index in [1.807, 2.05) is 0 Å². The van der Waals surface area contributed by atoms with Gasteiger partial charge in [0.25, 0.3) is 0 Å². The van der Waals surface area contributed by atoms with Gasteiger partial charge in [0.15, 0.2) is 6.10 Å². The van der Waals surface area contributed by atoms with Crippen LogP contribution in [0.1, 0.15) is 13.3 Å². The van der Waals surface area contributed by atoms with E-state index in [1.54, 1.807) is 6.92 Å². The van der Waals surface area contributed by atoms with Gasteiger partial charge < -0.3 is 4.74 Å². The second-order valence-electron chi connectivity index (χ2n) is 2.88. The van der Waals surface area contributed by atoms with E-state index in [0.717, 1.165) is 0 Å². The molecule has 4 heteroatoms. The van der Waals surface area contributed by atoms with Crippen molar-refractivity contribution in [2.75, 3.05) is 0 Å². The van der Waals surface area contributed by atoms with Gasteiger partial charge in [0.1, 0.15) is 5.76 Å². The third-order valence-corrected chi connectivity index (χ3v) is 1.85. The monoisotopic (exact) mass is 190 g/mol. The highest BCUT2D eigenvalue weighted by Crippen LogP contribution is 2.33. The maximum Gasteiger partial charge on any atom is 0.425 e. The number of ether oxygens (including phenoxy) is 1. The van der Waals surface area contributed by atoms with E-state index in [2.05, 4.69) is 10.7 Å². The summed E-state index contributed by atoms with van der Waals surface area (Å²) in [5.41, 5.74) is 0. The van der Waals surface area contributed by atoms with Gasteiger partial charge in [-0.1, -0.05) is 5.92 Å². The zero-order valence-corrected chi connectivity index (χ0v) is 7.06. The van der Waals surface area contributed by atoms with Crippen LogP contribution in [0.3, 0.4) is 0 Å². The molecule has 0 saturated heterocycles. The van der Waals surface area contributed by atoms with Crippen LogP contribution in [-0.2, 0) is 4.74 Å². The molecule has 0 aliphatic carbocycles. The van der Waals surface area contributed by atoms with E-state index in [-0.39, 0.29) is 18.1 Å². The van der Waals surface area contributed by atoms with Crippen molar-refractivity contribution in [1.29, 1.82) is 0 Å². The smallest absolute Gasteiger partial charge is 0.425 e. The molecular weight excluding hydrogens is 181 g/mol. The van der Waals surface area contributed by atoms with Gasteiger partial charge in [-0.25, -0.2) is 0 Å². The Labute approximate surface area is 74.6 Å². The molecule has 0 amide bonds. The maximum absolute atomic E-state index is 12.1. The number of terminal acetylenes is 1. The average molecular weight is 190 g/mol. The lowest BCUT2D eigenvalue weighted by atomic mass is 10.1. The predicted octanol–water partition coefficient (Wildman–Crippen LogP) is 2.49. The van der Waals surface area contributed by atoms with Crippen molar-refractivity contribution >= 4 is 0 Å². The SMILES string of the molecule is C#CC(C)C1=CCC(C(F)(F)F)O1. The van der Waals surface area contributed by atoms with Gasteiger partial charge in [-0.05, 0) is 13.0 Å². The molecule has 1 aliphatic rings. The maximum atomic E-state index is 12.1. The lowest BCUT2D eigenvalue weighted by Crippen LogP contribution is -2.28. The van der Waals surface area contributed by atoms with Crippen LogP contribution in [0.2, 0.25) is 0 Å². The zero-order chi connectivity index (χ0) is 10.1. The number of allylic oxidation sites excluding steroid dienone is 1. The molecule has 0 aromatic carbocycles. The fraction of sp³-hybridized carbons (Fsp3) is 0.556. The van der Waals surface area contributed by atoms with Crippen molar-refractivity contribution in [2.24, 2.45) is 5.92 Å². The molecule has 1 rings (SSSR count). The van der Waals surface area contributed by atoms with Gasteiger partial charge in [0.05, 0.1) is 5.92 Å². The van der Waals surface area contributed by atoms with Gasteiger partial charge in [-0.2, -0.15) is 13.2 Å². The number of rotatable bonds is 1. The minimum absolute atomic E-state index is 0.134. The Hall–Kier alpha value is -1.11. The Bertz CT molecular complexity index is 259. The Balaban J connectivity index is 2.58. The van der Waals surface area contributed by atoms with E-state index in [0.29, 0.717) is 0 Å². The summed E-state index contributed by atoms with van der Waals surface area (Å²) >= 11 is 0. The van der Waals surface area contributed by atoms with E-state index in [9.17, 15) is 13.2 Å². The van der Waals surface area contributed by atoms with Crippen molar-refractivity contribution in [3.63, 3.8) is 0 Å². The van der Waals surface area contributed by atoms with Crippen molar-refractivity contribution < 1.29 is 17.9 Å². The van der Waals surface area contributed by atoms with Gasteiger partial charge in [-0.15, -0.1) is 6.42 Å². The quantitative estimate of drug-likeness (QED) is 0.577. The molecule has 0 aromatic rings. The standard InChI is InChI=1S/C9H9F3O/c1-3-6(2)7-4-5-8(13-7)9(10,11)12/h1,4,6,8H,5H2,2H3. The molecule has 1 nitrogen and oxygen atoms in total. The Morgan fingerprint density at radius 3 is 2.69 bits per heavy atom. The molecule has 0 aromatic heterocycles. The molecule has 1 aliphatic heterocycles. The first-order valence-electron chi connectivity index (χ1n) is 3.84. The molecule has 0 fully saturated rings. The lowest BCUT2D eigenvalue weighted by molar-refractivity contribution is -0.203. The third kappa shape index (κ3) is 2.18. The minimum Gasteiger partial charge on any atom is -0.484 e. The Morgan fingerprint density at radius 2 is 2.31 bits per heavy atom. The summed E-state index contributed by atoms with van der Waals surface area (Å²) in [6.07, 6.45) is 0.317. The Morgan fingerprint density at radius 1 is 1.69 bits per heavy atom. The molecule has 1 heterocycles. The van der Waals surface area contributed by atoms with E-state index in [1.165, 1.54) is 6.08 Å². The fourth-order valence-corrected chi connectivity index (χ4v) is 1.05. The molecule has 0 radical (unpaired) electrons. The van der Waals surface area contributed by atoms with E-state index in [4.69, 9.17) is 6.42 Å². The summed E-state index contributed by atoms with van der Waals surface area (Å²) in [4.78, 5) is 0. The molecule has 0 bridgehead atoms. The molecule has 0 N–H and O–H groups in total. The van der Waals surface area contributed by atoms with Gasteiger partial charge >= 0.3 is 6.18 Å². The van der Waals surface area contributed by atoms with Crippen LogP contribution in [0.5, 0.6) is 0 Å². The van der Waals surface area contributed by atoms with E-state index >= 15 is 0 Å². The van der Waals surface area contributed by atoms with Crippen molar-refractivity contribution in [3.05, 3.63) is 11.8 Å². The van der Waals surface area contributed by atoms with Crippen LogP contribution in [0.4, 0.5) is 13.2 Å². The summed E-state index contributed by atoms with van der Waals surface area (Å²) in [6.45, 7) is 1.63. The number of hydrogen-bond donors (Lipinski definition) is 0. The molecule has 0 saturated carbocycles. The lowest BCUT2D eigenvalue weighted by Gasteiger charge is -2.17. The average Bonchev–Trinajstić information content (AvgIpc) is 2.50. The van der Waals surface area contributed by atoms with Crippen LogP contribution < -0.4 is 0 Å². The largest absolute Gasteiger partial charge is 0.484 e. The fourth-order valence-electron chi connectivity index (χ4n) is 1.05. The first-order valence-corrected chi connectivity index (χ1v) is 3.84. The van der Waals surface area contributed by atoms with Crippen LogP contribution in [0.15, 0.2) is 11.8 Å². The van der Waals surface area contributed by atoms with Crippen LogP contribution in [0, 0.1) is 18.3 Å². The predicted molar refractivity (Wildman–Crippen MR) is 41.6 cm³/mol. The molecule has 13 heavy (non-hydrogen) atoms. The normalized spacial score (nSPS) is 24.5. The highest BCUT2D eigenvalue weighted by atomic mass is 19.4. The second kappa shape index (κ2) is 3.33.